The first-order valence-electron chi connectivity index (χ1n) is 6.77. The van der Waals surface area contributed by atoms with E-state index in [-0.39, 0.29) is 0 Å². The Kier molecular flexibility index (Phi) is 4.65. The summed E-state index contributed by atoms with van der Waals surface area (Å²) in [7, 11) is 0. The van der Waals surface area contributed by atoms with Gasteiger partial charge in [0.1, 0.15) is 0 Å². The van der Waals surface area contributed by atoms with Crippen molar-refractivity contribution in [2.45, 2.75) is 38.5 Å². The van der Waals surface area contributed by atoms with Crippen LogP contribution in [0.3, 0.4) is 0 Å². The zero-order valence-corrected chi connectivity index (χ0v) is 13.5. The Labute approximate surface area is 125 Å². The van der Waals surface area contributed by atoms with Crippen LogP contribution in [0.5, 0.6) is 0 Å². The summed E-state index contributed by atoms with van der Waals surface area (Å²) < 4.78 is 0. The molecule has 0 amide bonds. The van der Waals surface area contributed by atoms with Crippen LogP contribution in [0.15, 0.2) is 29.2 Å². The molecule has 0 fully saturated rings. The number of hydrogen-bond acceptors (Lipinski definition) is 4. The monoisotopic (exact) mass is 287 g/mol. The van der Waals surface area contributed by atoms with Gasteiger partial charge in [-0.2, -0.15) is 0 Å². The summed E-state index contributed by atoms with van der Waals surface area (Å²) in [5, 5.41) is 3.33. The van der Waals surface area contributed by atoms with E-state index in [1.54, 1.807) is 11.8 Å². The first kappa shape index (κ1) is 14.9. The molecule has 1 N–H and O–H groups in total. The van der Waals surface area contributed by atoms with Gasteiger partial charge in [-0.3, -0.25) is 0 Å². The topological polar surface area (TPSA) is 37.8 Å². The van der Waals surface area contributed by atoms with E-state index in [1.807, 2.05) is 19.9 Å². The summed E-state index contributed by atoms with van der Waals surface area (Å²) >= 11 is 1.74. The van der Waals surface area contributed by atoms with Crippen LogP contribution in [0.1, 0.15) is 36.7 Å². The highest BCUT2D eigenvalue weighted by Crippen LogP contribution is 2.30. The van der Waals surface area contributed by atoms with Gasteiger partial charge in [-0.25, -0.2) is 9.97 Å². The van der Waals surface area contributed by atoms with Crippen LogP contribution < -0.4 is 5.32 Å². The first-order chi connectivity index (χ1) is 9.49. The first-order valence-corrected chi connectivity index (χ1v) is 7.99. The number of nitrogens with zero attached hydrogens (tertiary/aromatic N) is 2. The lowest BCUT2D eigenvalue weighted by molar-refractivity contribution is 0.862. The van der Waals surface area contributed by atoms with Gasteiger partial charge < -0.3 is 5.32 Å². The Morgan fingerprint density at radius 3 is 2.25 bits per heavy atom. The normalized spacial score (nSPS) is 10.9. The predicted octanol–water partition coefficient (Wildman–Crippen LogP) is 4.68. The fourth-order valence-electron chi connectivity index (χ4n) is 2.07. The van der Waals surface area contributed by atoms with Gasteiger partial charge >= 0.3 is 0 Å². The second-order valence-electron chi connectivity index (χ2n) is 5.21. The molecule has 0 radical (unpaired) electrons. The van der Waals surface area contributed by atoms with E-state index in [0.717, 1.165) is 17.1 Å². The Balaban J connectivity index is 2.33. The summed E-state index contributed by atoms with van der Waals surface area (Å²) in [5.41, 5.74) is 4.36. The molecule has 0 atom stereocenters. The number of anilines is 2. The van der Waals surface area contributed by atoms with E-state index >= 15 is 0 Å². The zero-order chi connectivity index (χ0) is 14.7. The molecule has 20 heavy (non-hydrogen) atoms. The van der Waals surface area contributed by atoms with Gasteiger partial charge in [-0.1, -0.05) is 19.9 Å². The minimum absolute atomic E-state index is 0.535. The summed E-state index contributed by atoms with van der Waals surface area (Å²) in [6.07, 6.45) is 2.09. The van der Waals surface area contributed by atoms with Crippen molar-refractivity contribution in [2.75, 3.05) is 11.6 Å². The van der Waals surface area contributed by atoms with Crippen molar-refractivity contribution in [3.8, 4) is 0 Å². The Bertz CT molecular complexity index is 588. The van der Waals surface area contributed by atoms with E-state index < -0.39 is 0 Å². The molecule has 0 aliphatic heterocycles. The maximum Gasteiger partial charge on any atom is 0.227 e. The van der Waals surface area contributed by atoms with Crippen LogP contribution in [0.4, 0.5) is 11.6 Å². The fourth-order valence-corrected chi connectivity index (χ4v) is 2.67. The van der Waals surface area contributed by atoms with Crippen LogP contribution in [0, 0.1) is 13.8 Å². The van der Waals surface area contributed by atoms with Crippen molar-refractivity contribution in [1.29, 1.82) is 0 Å². The number of nitrogens with one attached hydrogen (secondary N) is 1. The molecule has 2 aromatic rings. The van der Waals surface area contributed by atoms with Crippen molar-refractivity contribution < 1.29 is 0 Å². The molecule has 0 aliphatic carbocycles. The minimum atomic E-state index is 0.535. The number of benzene rings is 1. The highest BCUT2D eigenvalue weighted by molar-refractivity contribution is 7.98. The van der Waals surface area contributed by atoms with Crippen molar-refractivity contribution in [1.82, 2.24) is 9.97 Å². The molecule has 0 saturated heterocycles. The van der Waals surface area contributed by atoms with Crippen molar-refractivity contribution >= 4 is 23.4 Å². The molecule has 0 saturated carbocycles. The van der Waals surface area contributed by atoms with Gasteiger partial charge in [-0.05, 0) is 49.8 Å². The van der Waals surface area contributed by atoms with E-state index in [0.29, 0.717) is 11.9 Å². The smallest absolute Gasteiger partial charge is 0.227 e. The highest BCUT2D eigenvalue weighted by atomic mass is 32.2. The lowest BCUT2D eigenvalue weighted by atomic mass is 10.0. The lowest BCUT2D eigenvalue weighted by Gasteiger charge is -2.13. The average molecular weight is 287 g/mol. The van der Waals surface area contributed by atoms with Crippen LogP contribution in [-0.4, -0.2) is 16.2 Å². The zero-order valence-electron chi connectivity index (χ0n) is 12.7. The fraction of sp³-hybridized carbons (Fsp3) is 0.375. The van der Waals surface area contributed by atoms with Gasteiger partial charge in [0.2, 0.25) is 5.95 Å². The third-order valence-corrected chi connectivity index (χ3v) is 3.90. The van der Waals surface area contributed by atoms with E-state index in [1.165, 1.54) is 10.5 Å². The molecule has 1 aromatic carbocycles. The van der Waals surface area contributed by atoms with Gasteiger partial charge in [0.25, 0.3) is 0 Å². The number of thioether (sulfide) groups is 1. The largest absolute Gasteiger partial charge is 0.323 e. The second-order valence-corrected chi connectivity index (χ2v) is 6.06. The minimum Gasteiger partial charge on any atom is -0.323 e. The molecule has 1 aromatic heterocycles. The van der Waals surface area contributed by atoms with Crippen molar-refractivity contribution in [3.63, 3.8) is 0 Å². The SMILES string of the molecule is CSc1cc(C(C)C)ccc1Nc1nc(C)cc(C)n1. The van der Waals surface area contributed by atoms with Gasteiger partial charge in [-0.15, -0.1) is 11.8 Å². The maximum atomic E-state index is 4.43. The number of aromatic nitrogens is 2. The predicted molar refractivity (Wildman–Crippen MR) is 87.1 cm³/mol. The molecular weight excluding hydrogens is 266 g/mol. The average Bonchev–Trinajstić information content (AvgIpc) is 2.37. The Morgan fingerprint density at radius 1 is 1.05 bits per heavy atom. The molecule has 1 heterocycles. The van der Waals surface area contributed by atoms with Gasteiger partial charge in [0.15, 0.2) is 0 Å². The third-order valence-electron chi connectivity index (χ3n) is 3.12. The maximum absolute atomic E-state index is 4.43. The van der Waals surface area contributed by atoms with E-state index in [4.69, 9.17) is 0 Å². The van der Waals surface area contributed by atoms with E-state index in [2.05, 4.69) is 53.6 Å². The van der Waals surface area contributed by atoms with E-state index in [9.17, 15) is 0 Å². The summed E-state index contributed by atoms with van der Waals surface area (Å²) in [6.45, 7) is 8.38. The van der Waals surface area contributed by atoms with Crippen LogP contribution >= 0.6 is 11.8 Å². The summed E-state index contributed by atoms with van der Waals surface area (Å²) in [5.74, 6) is 1.20. The third kappa shape index (κ3) is 3.51. The van der Waals surface area contributed by atoms with Crippen LogP contribution in [-0.2, 0) is 0 Å². The second kappa shape index (κ2) is 6.27. The molecular formula is C16H21N3S. The van der Waals surface area contributed by atoms with Crippen molar-refractivity contribution in [2.24, 2.45) is 0 Å². The molecule has 0 aliphatic rings. The lowest BCUT2D eigenvalue weighted by Crippen LogP contribution is -2.01. The van der Waals surface area contributed by atoms with Crippen LogP contribution in [0.2, 0.25) is 0 Å². The molecule has 0 unspecified atom stereocenters. The molecule has 2 rings (SSSR count). The number of hydrogen-bond donors (Lipinski definition) is 1. The molecule has 3 nitrogen and oxygen atoms in total. The number of rotatable bonds is 4. The Morgan fingerprint density at radius 2 is 1.70 bits per heavy atom. The van der Waals surface area contributed by atoms with Crippen LogP contribution in [0.25, 0.3) is 0 Å². The standard InChI is InChI=1S/C16H21N3S/c1-10(2)13-6-7-14(15(9-13)20-5)19-16-17-11(3)8-12(4)18-16/h6-10H,1-5H3,(H,17,18,19). The molecule has 106 valence electrons. The summed E-state index contributed by atoms with van der Waals surface area (Å²) in [6, 6.07) is 8.49. The molecule has 4 heteroatoms. The highest BCUT2D eigenvalue weighted by Gasteiger charge is 2.08. The quantitative estimate of drug-likeness (QED) is 0.828. The Hall–Kier alpha value is -1.55. The number of aryl methyl sites for hydroxylation is 2. The molecule has 0 spiro atoms. The van der Waals surface area contributed by atoms with Crippen molar-refractivity contribution in [3.05, 3.63) is 41.2 Å². The molecule has 0 bridgehead atoms. The summed E-state index contributed by atoms with van der Waals surface area (Å²) in [4.78, 5) is 10.1. The van der Waals surface area contributed by atoms with Gasteiger partial charge in [0.05, 0.1) is 5.69 Å². The van der Waals surface area contributed by atoms with Gasteiger partial charge in [0, 0.05) is 16.3 Å².